The molecule has 0 spiro atoms. The molecule has 1 heterocycles. The molecule has 6 nitrogen and oxygen atoms in total. The van der Waals surface area contributed by atoms with E-state index in [1.807, 2.05) is 96.4 Å². The molecule has 4 aromatic carbocycles. The van der Waals surface area contributed by atoms with Gasteiger partial charge in [-0.15, -0.1) is 23.1 Å². The summed E-state index contributed by atoms with van der Waals surface area (Å²) in [6.07, 6.45) is 0. The smallest absolute Gasteiger partial charge is 0.262 e. The summed E-state index contributed by atoms with van der Waals surface area (Å²) in [6, 6.07) is 33.5. The van der Waals surface area contributed by atoms with Crippen molar-refractivity contribution in [2.24, 2.45) is 0 Å². The number of nitrogens with one attached hydrogen (secondary N) is 2. The average molecular weight is 586 g/mol. The summed E-state index contributed by atoms with van der Waals surface area (Å²) in [4.78, 5) is 31.4. The highest BCUT2D eigenvalue weighted by Gasteiger charge is 2.23. The first kappa shape index (κ1) is 27.5. The molecule has 0 aliphatic heterocycles. The van der Waals surface area contributed by atoms with Gasteiger partial charge < -0.3 is 15.4 Å². The maximum Gasteiger partial charge on any atom is 0.262 e. The molecule has 0 radical (unpaired) electrons. The van der Waals surface area contributed by atoms with Crippen LogP contribution in [0.1, 0.15) is 10.8 Å². The molecule has 2 N–H and O–H groups in total. The maximum atomic E-state index is 13.5. The van der Waals surface area contributed by atoms with E-state index in [1.165, 1.54) is 23.1 Å². The topological polar surface area (TPSA) is 80.3 Å². The van der Waals surface area contributed by atoms with E-state index in [9.17, 15) is 9.59 Å². The normalized spacial score (nSPS) is 11.4. The highest BCUT2D eigenvalue weighted by atomic mass is 35.5. The third-order valence-corrected chi connectivity index (χ3v) is 7.96. The Bertz CT molecular complexity index is 1580. The van der Waals surface area contributed by atoms with Gasteiger partial charge in [-0.2, -0.15) is 0 Å². The molecular formula is C31H24ClN3O3S2. The molecule has 0 fully saturated rings. The van der Waals surface area contributed by atoms with Crippen LogP contribution < -0.4 is 15.4 Å². The molecular weight excluding hydrogens is 562 g/mol. The molecule has 0 saturated heterocycles. The van der Waals surface area contributed by atoms with Crippen molar-refractivity contribution in [3.8, 4) is 17.0 Å². The standard InChI is InChI=1S/C31H24ClN3O3S2/c32-23-16-14-21(15-17-23)27-20-39-31(34-27)35-30(37)29(22-8-3-1-4-9-22)40-26-13-7-10-24(18-26)33-28(36)19-38-25-11-5-2-6-12-25/h1-18,20,29H,19H2,(H,33,36)(H,34,35,37). The summed E-state index contributed by atoms with van der Waals surface area (Å²) in [5.74, 6) is 0.154. The number of para-hydroxylation sites is 1. The fourth-order valence-corrected chi connectivity index (χ4v) is 5.73. The number of ether oxygens (including phenoxy) is 1. The van der Waals surface area contributed by atoms with Crippen LogP contribution in [0.4, 0.5) is 10.8 Å². The third-order valence-electron chi connectivity index (χ3n) is 5.70. The fraction of sp³-hybridized carbons (Fsp3) is 0.0645. The molecule has 1 aromatic heterocycles. The maximum absolute atomic E-state index is 13.5. The summed E-state index contributed by atoms with van der Waals surface area (Å²) in [5.41, 5.74) is 3.15. The van der Waals surface area contributed by atoms with E-state index in [-0.39, 0.29) is 18.4 Å². The third kappa shape index (κ3) is 7.51. The van der Waals surface area contributed by atoms with Gasteiger partial charge in [-0.3, -0.25) is 9.59 Å². The molecule has 0 saturated carbocycles. The van der Waals surface area contributed by atoms with Crippen LogP contribution in [-0.4, -0.2) is 23.4 Å². The monoisotopic (exact) mass is 585 g/mol. The highest BCUT2D eigenvalue weighted by molar-refractivity contribution is 8.00. The Kier molecular flexibility index (Phi) is 9.13. The van der Waals surface area contributed by atoms with Gasteiger partial charge in [0.1, 0.15) is 11.0 Å². The number of thiazole rings is 1. The average Bonchev–Trinajstić information content (AvgIpc) is 3.44. The van der Waals surface area contributed by atoms with Gasteiger partial charge in [0.05, 0.1) is 5.69 Å². The minimum Gasteiger partial charge on any atom is -0.484 e. The van der Waals surface area contributed by atoms with Gasteiger partial charge in [0.15, 0.2) is 11.7 Å². The summed E-state index contributed by atoms with van der Waals surface area (Å²) in [7, 11) is 0. The second kappa shape index (κ2) is 13.3. The van der Waals surface area contributed by atoms with Crippen molar-refractivity contribution in [1.29, 1.82) is 0 Å². The van der Waals surface area contributed by atoms with Crippen LogP contribution in [0.25, 0.3) is 11.3 Å². The number of carbonyl (C=O) groups excluding carboxylic acids is 2. The van der Waals surface area contributed by atoms with Crippen molar-refractivity contribution < 1.29 is 14.3 Å². The number of carbonyl (C=O) groups is 2. The zero-order valence-electron chi connectivity index (χ0n) is 21.1. The number of thioether (sulfide) groups is 1. The zero-order chi connectivity index (χ0) is 27.7. The lowest BCUT2D eigenvalue weighted by atomic mass is 10.1. The molecule has 5 aromatic rings. The molecule has 0 aliphatic carbocycles. The molecule has 2 amide bonds. The molecule has 9 heteroatoms. The SMILES string of the molecule is O=C(COc1ccccc1)Nc1cccc(SC(C(=O)Nc2nc(-c3ccc(Cl)cc3)cs2)c2ccccc2)c1. The predicted octanol–water partition coefficient (Wildman–Crippen LogP) is 7.95. The number of nitrogens with zero attached hydrogens (tertiary/aromatic N) is 1. The number of anilines is 2. The van der Waals surface area contributed by atoms with Crippen molar-refractivity contribution in [3.63, 3.8) is 0 Å². The second-order valence-electron chi connectivity index (χ2n) is 8.62. The van der Waals surface area contributed by atoms with Crippen LogP contribution in [0.15, 0.2) is 119 Å². The lowest BCUT2D eigenvalue weighted by molar-refractivity contribution is -0.118. The summed E-state index contributed by atoms with van der Waals surface area (Å²) >= 11 is 8.76. The van der Waals surface area contributed by atoms with Gasteiger partial charge in [0.25, 0.3) is 5.91 Å². The van der Waals surface area contributed by atoms with Gasteiger partial charge in [0, 0.05) is 26.5 Å². The minimum atomic E-state index is -0.545. The molecule has 1 atom stereocenters. The first-order chi connectivity index (χ1) is 19.5. The van der Waals surface area contributed by atoms with Crippen LogP contribution in [0.5, 0.6) is 5.75 Å². The van der Waals surface area contributed by atoms with Crippen molar-refractivity contribution in [3.05, 3.63) is 125 Å². The van der Waals surface area contributed by atoms with Crippen molar-refractivity contribution in [2.45, 2.75) is 10.1 Å². The van der Waals surface area contributed by atoms with Gasteiger partial charge in [-0.25, -0.2) is 4.98 Å². The van der Waals surface area contributed by atoms with Gasteiger partial charge in [-0.1, -0.05) is 78.3 Å². The van der Waals surface area contributed by atoms with Crippen LogP contribution in [0, 0.1) is 0 Å². The fourth-order valence-electron chi connectivity index (χ4n) is 3.80. The Hall–Kier alpha value is -4.11. The summed E-state index contributed by atoms with van der Waals surface area (Å²) < 4.78 is 5.53. The quantitative estimate of drug-likeness (QED) is 0.163. The molecule has 1 unspecified atom stereocenters. The number of amides is 2. The predicted molar refractivity (Wildman–Crippen MR) is 163 cm³/mol. The Morgan fingerprint density at radius 3 is 2.35 bits per heavy atom. The lowest BCUT2D eigenvalue weighted by Gasteiger charge is -2.17. The van der Waals surface area contributed by atoms with E-state index in [4.69, 9.17) is 16.3 Å². The van der Waals surface area contributed by atoms with E-state index < -0.39 is 5.25 Å². The first-order valence-corrected chi connectivity index (χ1v) is 14.5. The highest BCUT2D eigenvalue weighted by Crippen LogP contribution is 2.37. The van der Waals surface area contributed by atoms with Crippen LogP contribution in [0.2, 0.25) is 5.02 Å². The van der Waals surface area contributed by atoms with E-state index in [1.54, 1.807) is 18.2 Å². The van der Waals surface area contributed by atoms with Gasteiger partial charge >= 0.3 is 0 Å². The number of hydrogen-bond donors (Lipinski definition) is 2. The number of aromatic nitrogens is 1. The van der Waals surface area contributed by atoms with Crippen molar-refractivity contribution >= 4 is 57.3 Å². The molecule has 40 heavy (non-hydrogen) atoms. The molecule has 5 rings (SSSR count). The Morgan fingerprint density at radius 1 is 0.875 bits per heavy atom. The van der Waals surface area contributed by atoms with Crippen LogP contribution >= 0.6 is 34.7 Å². The number of halogens is 1. The molecule has 0 bridgehead atoms. The van der Waals surface area contributed by atoms with E-state index in [0.717, 1.165) is 21.7 Å². The van der Waals surface area contributed by atoms with Crippen molar-refractivity contribution in [1.82, 2.24) is 4.98 Å². The van der Waals surface area contributed by atoms with E-state index >= 15 is 0 Å². The van der Waals surface area contributed by atoms with Crippen molar-refractivity contribution in [2.75, 3.05) is 17.2 Å². The Labute approximate surface area is 245 Å². The number of hydrogen-bond acceptors (Lipinski definition) is 6. The number of benzene rings is 4. The van der Waals surface area contributed by atoms with E-state index in [2.05, 4.69) is 15.6 Å². The molecule has 0 aliphatic rings. The summed E-state index contributed by atoms with van der Waals surface area (Å²) in [6.45, 7) is -0.109. The van der Waals surface area contributed by atoms with Gasteiger partial charge in [-0.05, 0) is 48.0 Å². The summed E-state index contributed by atoms with van der Waals surface area (Å²) in [5, 5.41) is 8.36. The Balaban J connectivity index is 1.27. The first-order valence-electron chi connectivity index (χ1n) is 12.4. The second-order valence-corrected chi connectivity index (χ2v) is 11.1. The van der Waals surface area contributed by atoms with E-state index in [0.29, 0.717) is 21.6 Å². The number of rotatable bonds is 10. The van der Waals surface area contributed by atoms with Gasteiger partial charge in [0.2, 0.25) is 5.91 Å². The van der Waals surface area contributed by atoms with Crippen LogP contribution in [0.3, 0.4) is 0 Å². The minimum absolute atomic E-state index is 0.109. The lowest BCUT2D eigenvalue weighted by Crippen LogP contribution is -2.20. The Morgan fingerprint density at radius 2 is 1.60 bits per heavy atom. The van der Waals surface area contributed by atoms with Crippen LogP contribution in [-0.2, 0) is 9.59 Å². The molecule has 200 valence electrons. The zero-order valence-corrected chi connectivity index (χ0v) is 23.5. The largest absolute Gasteiger partial charge is 0.484 e.